The molecule has 3 amide bonds. The number of hydrogen-bond donors (Lipinski definition) is 1. The second-order valence-corrected chi connectivity index (χ2v) is 5.37. The molecule has 2 aliphatic rings. The monoisotopic (exact) mass is 292 g/mol. The maximum Gasteiger partial charge on any atom is 0.262 e. The summed E-state index contributed by atoms with van der Waals surface area (Å²) in [6, 6.07) is 14.9. The third kappa shape index (κ3) is 1.62. The van der Waals surface area contributed by atoms with Gasteiger partial charge in [-0.1, -0.05) is 42.5 Å². The number of nitrogens with zero attached hydrogens (tertiary/aromatic N) is 1. The highest BCUT2D eigenvalue weighted by Crippen LogP contribution is 2.34. The number of carbonyl (C=O) groups is 3. The lowest BCUT2D eigenvalue weighted by atomic mass is 9.90. The summed E-state index contributed by atoms with van der Waals surface area (Å²) in [5.74, 6) is -1.11. The van der Waals surface area contributed by atoms with E-state index in [-0.39, 0.29) is 11.9 Å². The molecule has 0 saturated carbocycles. The van der Waals surface area contributed by atoms with Crippen molar-refractivity contribution >= 4 is 17.7 Å². The summed E-state index contributed by atoms with van der Waals surface area (Å²) < 4.78 is 0. The number of fused-ring (bicyclic) bond motifs is 1. The molecule has 5 heteroatoms. The average Bonchev–Trinajstić information content (AvgIpc) is 2.79. The minimum Gasteiger partial charge on any atom is -0.345 e. The first-order chi connectivity index (χ1) is 10.7. The quantitative estimate of drug-likeness (QED) is 0.674. The van der Waals surface area contributed by atoms with Crippen LogP contribution in [0.4, 0.5) is 0 Å². The second kappa shape index (κ2) is 4.53. The number of rotatable bonds is 2. The van der Waals surface area contributed by atoms with E-state index >= 15 is 0 Å². The normalized spacial score (nSPS) is 23.1. The molecule has 1 N–H and O–H groups in total. The van der Waals surface area contributed by atoms with Crippen LogP contribution in [0.25, 0.3) is 0 Å². The molecule has 2 aromatic rings. The van der Waals surface area contributed by atoms with Gasteiger partial charge in [0.15, 0.2) is 0 Å². The van der Waals surface area contributed by atoms with Crippen molar-refractivity contribution in [3.63, 3.8) is 0 Å². The van der Waals surface area contributed by atoms with E-state index in [4.69, 9.17) is 0 Å². The molecule has 0 aromatic heterocycles. The molecule has 0 unspecified atom stereocenters. The van der Waals surface area contributed by atoms with Crippen LogP contribution in [-0.2, 0) is 4.79 Å². The van der Waals surface area contributed by atoms with Gasteiger partial charge in [0, 0.05) is 0 Å². The lowest BCUT2D eigenvalue weighted by molar-refractivity contribution is -0.135. The van der Waals surface area contributed by atoms with Gasteiger partial charge in [-0.25, -0.2) is 0 Å². The first-order valence-electron chi connectivity index (χ1n) is 7.01. The van der Waals surface area contributed by atoms with Crippen LogP contribution in [0.1, 0.15) is 32.3 Å². The maximum absolute atomic E-state index is 12.5. The molecule has 2 atom stereocenters. The zero-order valence-electron chi connectivity index (χ0n) is 11.5. The highest BCUT2D eigenvalue weighted by atomic mass is 16.2. The Hall–Kier alpha value is -2.95. The van der Waals surface area contributed by atoms with Crippen LogP contribution in [0.2, 0.25) is 0 Å². The number of imide groups is 1. The lowest BCUT2D eigenvalue weighted by Gasteiger charge is -2.41. The van der Waals surface area contributed by atoms with Gasteiger partial charge in [0.2, 0.25) is 5.91 Å². The van der Waals surface area contributed by atoms with Crippen LogP contribution in [-0.4, -0.2) is 28.7 Å². The Morgan fingerprint density at radius 2 is 1.32 bits per heavy atom. The Kier molecular flexibility index (Phi) is 2.63. The fourth-order valence-corrected chi connectivity index (χ4v) is 3.03. The standard InChI is InChI=1S/C17H12N2O3/c20-15-14(13(18-15)10-6-2-1-3-7-10)19-16(21)11-8-4-5-9-12(11)17(19)22/h1-9,13-14H,(H,18,20)/t13-,14-/m0/s1. The fraction of sp³-hybridized carbons (Fsp3) is 0.118. The van der Waals surface area contributed by atoms with Gasteiger partial charge in [0.05, 0.1) is 17.2 Å². The molecule has 108 valence electrons. The fourth-order valence-electron chi connectivity index (χ4n) is 3.03. The Morgan fingerprint density at radius 1 is 0.773 bits per heavy atom. The summed E-state index contributed by atoms with van der Waals surface area (Å²) in [4.78, 5) is 38.0. The molecule has 2 aromatic carbocycles. The zero-order chi connectivity index (χ0) is 15.3. The largest absolute Gasteiger partial charge is 0.345 e. The molecule has 0 radical (unpaired) electrons. The Balaban J connectivity index is 1.72. The van der Waals surface area contributed by atoms with Gasteiger partial charge in [-0.2, -0.15) is 0 Å². The van der Waals surface area contributed by atoms with Crippen molar-refractivity contribution < 1.29 is 14.4 Å². The number of amides is 3. The van der Waals surface area contributed by atoms with Gasteiger partial charge in [-0.05, 0) is 17.7 Å². The van der Waals surface area contributed by atoms with E-state index in [0.29, 0.717) is 11.1 Å². The van der Waals surface area contributed by atoms with Crippen LogP contribution in [0, 0.1) is 0 Å². The maximum atomic E-state index is 12.5. The van der Waals surface area contributed by atoms with Crippen molar-refractivity contribution in [3.05, 3.63) is 71.3 Å². The Morgan fingerprint density at radius 3 is 1.86 bits per heavy atom. The zero-order valence-corrected chi connectivity index (χ0v) is 11.5. The second-order valence-electron chi connectivity index (χ2n) is 5.37. The van der Waals surface area contributed by atoms with Crippen LogP contribution in [0.15, 0.2) is 54.6 Å². The first kappa shape index (κ1) is 12.8. The highest BCUT2D eigenvalue weighted by molar-refractivity contribution is 6.23. The molecule has 1 fully saturated rings. The van der Waals surface area contributed by atoms with Gasteiger partial charge in [0.1, 0.15) is 6.04 Å². The van der Waals surface area contributed by atoms with Gasteiger partial charge in [-0.15, -0.1) is 0 Å². The SMILES string of the molecule is O=C1N[C@@H](c2ccccc2)[C@@H]1N1C(=O)c2ccccc2C1=O. The number of benzene rings is 2. The van der Waals surface area contributed by atoms with Crippen molar-refractivity contribution in [2.24, 2.45) is 0 Å². The number of nitrogens with one attached hydrogen (secondary N) is 1. The van der Waals surface area contributed by atoms with Crippen molar-refractivity contribution in [3.8, 4) is 0 Å². The van der Waals surface area contributed by atoms with Crippen LogP contribution >= 0.6 is 0 Å². The highest BCUT2D eigenvalue weighted by Gasteiger charge is 2.52. The third-order valence-electron chi connectivity index (χ3n) is 4.14. The molecule has 1 saturated heterocycles. The van der Waals surface area contributed by atoms with Gasteiger partial charge in [0.25, 0.3) is 11.8 Å². The smallest absolute Gasteiger partial charge is 0.262 e. The van der Waals surface area contributed by atoms with Crippen LogP contribution in [0.3, 0.4) is 0 Å². The van der Waals surface area contributed by atoms with E-state index in [0.717, 1.165) is 10.5 Å². The topological polar surface area (TPSA) is 66.5 Å². The first-order valence-corrected chi connectivity index (χ1v) is 7.01. The van der Waals surface area contributed by atoms with Crippen molar-refractivity contribution in [1.29, 1.82) is 0 Å². The lowest BCUT2D eigenvalue weighted by Crippen LogP contribution is -2.65. The molecule has 0 aliphatic carbocycles. The van der Waals surface area contributed by atoms with Gasteiger partial charge >= 0.3 is 0 Å². The predicted octanol–water partition coefficient (Wildman–Crippen LogP) is 1.52. The summed E-state index contributed by atoms with van der Waals surface area (Å²) >= 11 is 0. The summed E-state index contributed by atoms with van der Waals surface area (Å²) in [5.41, 5.74) is 1.60. The summed E-state index contributed by atoms with van der Waals surface area (Å²) in [6.07, 6.45) is 0. The number of carbonyl (C=O) groups excluding carboxylic acids is 3. The molecular weight excluding hydrogens is 280 g/mol. The summed E-state index contributed by atoms with van der Waals surface area (Å²) in [6.45, 7) is 0. The number of β-lactam (4-membered cyclic amide) rings is 1. The molecule has 4 rings (SSSR count). The van der Waals surface area contributed by atoms with E-state index in [2.05, 4.69) is 5.32 Å². The summed E-state index contributed by atoms with van der Waals surface area (Å²) in [5, 5.41) is 2.77. The van der Waals surface area contributed by atoms with Crippen molar-refractivity contribution in [2.75, 3.05) is 0 Å². The van der Waals surface area contributed by atoms with Crippen molar-refractivity contribution in [2.45, 2.75) is 12.1 Å². The molecule has 0 spiro atoms. The van der Waals surface area contributed by atoms with Crippen LogP contribution in [0.5, 0.6) is 0 Å². The van der Waals surface area contributed by atoms with E-state index in [1.54, 1.807) is 24.3 Å². The summed E-state index contributed by atoms with van der Waals surface area (Å²) in [7, 11) is 0. The molecule has 2 aliphatic heterocycles. The van der Waals surface area contributed by atoms with E-state index < -0.39 is 17.9 Å². The molecular formula is C17H12N2O3. The van der Waals surface area contributed by atoms with Crippen LogP contribution < -0.4 is 5.32 Å². The van der Waals surface area contributed by atoms with Gasteiger partial charge < -0.3 is 5.32 Å². The minimum absolute atomic E-state index is 0.302. The average molecular weight is 292 g/mol. The minimum atomic E-state index is -0.783. The molecule has 2 heterocycles. The Bertz CT molecular complexity index is 766. The Labute approximate surface area is 126 Å². The van der Waals surface area contributed by atoms with Crippen molar-refractivity contribution in [1.82, 2.24) is 10.2 Å². The predicted molar refractivity (Wildman–Crippen MR) is 78.1 cm³/mol. The van der Waals surface area contributed by atoms with Gasteiger partial charge in [-0.3, -0.25) is 19.3 Å². The van der Waals surface area contributed by atoms with E-state index in [9.17, 15) is 14.4 Å². The number of hydrogen-bond acceptors (Lipinski definition) is 3. The van der Waals surface area contributed by atoms with E-state index in [1.165, 1.54) is 0 Å². The third-order valence-corrected chi connectivity index (χ3v) is 4.14. The molecule has 0 bridgehead atoms. The van der Waals surface area contributed by atoms with E-state index in [1.807, 2.05) is 30.3 Å². The molecule has 5 nitrogen and oxygen atoms in total. The molecule has 22 heavy (non-hydrogen) atoms.